The number of halogens is 2. The van der Waals surface area contributed by atoms with Crippen molar-refractivity contribution >= 4 is 12.0 Å². The number of hydrogen-bond donors (Lipinski definition) is 3. The SMILES string of the molecule is CN(CC(F)F)C(=O)N[C@H](Cc1ccc(O)cc1)C(=O)O. The minimum Gasteiger partial charge on any atom is -0.508 e. The predicted octanol–water partition coefficient (Wildman–Crippen LogP) is 1.29. The van der Waals surface area contributed by atoms with Crippen LogP contribution in [0.2, 0.25) is 0 Å². The molecule has 0 fully saturated rings. The zero-order chi connectivity index (χ0) is 16.0. The number of phenols is 1. The normalized spacial score (nSPS) is 12.0. The largest absolute Gasteiger partial charge is 0.508 e. The summed E-state index contributed by atoms with van der Waals surface area (Å²) in [5, 5.41) is 20.4. The van der Waals surface area contributed by atoms with Crippen molar-refractivity contribution in [2.24, 2.45) is 0 Å². The van der Waals surface area contributed by atoms with Crippen LogP contribution in [0.4, 0.5) is 13.6 Å². The Morgan fingerprint density at radius 2 is 1.86 bits per heavy atom. The van der Waals surface area contributed by atoms with Gasteiger partial charge in [-0.1, -0.05) is 12.1 Å². The molecule has 3 N–H and O–H groups in total. The lowest BCUT2D eigenvalue weighted by atomic mass is 10.1. The van der Waals surface area contributed by atoms with Crippen molar-refractivity contribution in [2.45, 2.75) is 18.9 Å². The number of phenolic OH excluding ortho intramolecular Hbond substituents is 1. The van der Waals surface area contributed by atoms with Crippen LogP contribution in [0, 0.1) is 0 Å². The minimum atomic E-state index is -2.69. The molecule has 0 spiro atoms. The average Bonchev–Trinajstić information content (AvgIpc) is 2.39. The number of amides is 2. The van der Waals surface area contributed by atoms with Gasteiger partial charge >= 0.3 is 12.0 Å². The number of carboxylic acids is 1. The number of nitrogens with zero attached hydrogens (tertiary/aromatic N) is 1. The van der Waals surface area contributed by atoms with Gasteiger partial charge < -0.3 is 20.4 Å². The van der Waals surface area contributed by atoms with E-state index in [1.54, 1.807) is 0 Å². The van der Waals surface area contributed by atoms with E-state index >= 15 is 0 Å². The Labute approximate surface area is 120 Å². The lowest BCUT2D eigenvalue weighted by molar-refractivity contribution is -0.139. The fraction of sp³-hybridized carbons (Fsp3) is 0.385. The standard InChI is InChI=1S/C13H16F2N2O4/c1-17(7-11(14)15)13(21)16-10(12(19)20)6-8-2-4-9(18)5-3-8/h2-5,10-11,18H,6-7H2,1H3,(H,16,21)(H,19,20)/t10-/m1/s1. The van der Waals surface area contributed by atoms with Gasteiger partial charge in [-0.15, -0.1) is 0 Å². The Hall–Kier alpha value is -2.38. The zero-order valence-electron chi connectivity index (χ0n) is 11.3. The molecule has 0 aromatic heterocycles. The van der Waals surface area contributed by atoms with E-state index in [0.29, 0.717) is 5.56 Å². The van der Waals surface area contributed by atoms with Crippen molar-refractivity contribution in [2.75, 3.05) is 13.6 Å². The number of benzene rings is 1. The molecule has 0 unspecified atom stereocenters. The van der Waals surface area contributed by atoms with Crippen LogP contribution in [-0.4, -0.2) is 53.2 Å². The molecular formula is C13H16F2N2O4. The molecule has 21 heavy (non-hydrogen) atoms. The Kier molecular flexibility index (Phi) is 5.89. The molecule has 2 amide bonds. The fourth-order valence-corrected chi connectivity index (χ4v) is 1.62. The minimum absolute atomic E-state index is 0.0239. The Morgan fingerprint density at radius 3 is 2.33 bits per heavy atom. The number of hydrogen-bond acceptors (Lipinski definition) is 3. The van der Waals surface area contributed by atoms with Gasteiger partial charge in [0.25, 0.3) is 6.43 Å². The zero-order valence-corrected chi connectivity index (χ0v) is 11.3. The summed E-state index contributed by atoms with van der Waals surface area (Å²) in [6, 6.07) is 3.67. The molecule has 116 valence electrons. The van der Waals surface area contributed by atoms with Gasteiger partial charge in [0.15, 0.2) is 0 Å². The van der Waals surface area contributed by atoms with Crippen LogP contribution in [0.1, 0.15) is 5.56 Å². The number of carbonyl (C=O) groups is 2. The van der Waals surface area contributed by atoms with Crippen LogP contribution >= 0.6 is 0 Å². The smallest absolute Gasteiger partial charge is 0.326 e. The Morgan fingerprint density at radius 1 is 1.29 bits per heavy atom. The van der Waals surface area contributed by atoms with Crippen LogP contribution in [0.5, 0.6) is 5.75 Å². The highest BCUT2D eigenvalue weighted by Crippen LogP contribution is 2.11. The van der Waals surface area contributed by atoms with Crippen molar-refractivity contribution in [1.82, 2.24) is 10.2 Å². The Bertz CT molecular complexity index is 493. The molecule has 0 aliphatic carbocycles. The van der Waals surface area contributed by atoms with Gasteiger partial charge in [-0.25, -0.2) is 18.4 Å². The molecule has 8 heteroatoms. The summed E-state index contributed by atoms with van der Waals surface area (Å²) in [5.74, 6) is -1.24. The van der Waals surface area contributed by atoms with E-state index < -0.39 is 31.0 Å². The van der Waals surface area contributed by atoms with E-state index in [1.807, 2.05) is 0 Å². The van der Waals surface area contributed by atoms with Crippen molar-refractivity contribution in [3.63, 3.8) is 0 Å². The summed E-state index contributed by atoms with van der Waals surface area (Å²) in [5.41, 5.74) is 0.581. The van der Waals surface area contributed by atoms with E-state index in [1.165, 1.54) is 24.3 Å². The number of rotatable bonds is 6. The van der Waals surface area contributed by atoms with Gasteiger partial charge in [-0.2, -0.15) is 0 Å². The van der Waals surface area contributed by atoms with Crippen molar-refractivity contribution in [3.05, 3.63) is 29.8 Å². The van der Waals surface area contributed by atoms with Crippen LogP contribution in [-0.2, 0) is 11.2 Å². The van der Waals surface area contributed by atoms with Crippen LogP contribution in [0.15, 0.2) is 24.3 Å². The quantitative estimate of drug-likeness (QED) is 0.738. The van der Waals surface area contributed by atoms with Crippen LogP contribution < -0.4 is 5.32 Å². The summed E-state index contributed by atoms with van der Waals surface area (Å²) >= 11 is 0. The highest BCUT2D eigenvalue weighted by molar-refractivity contribution is 5.82. The van der Waals surface area contributed by atoms with E-state index in [2.05, 4.69) is 5.32 Å². The maximum atomic E-state index is 12.2. The Balaban J connectivity index is 2.67. The first kappa shape index (κ1) is 16.7. The van der Waals surface area contributed by atoms with Gasteiger partial charge in [0.2, 0.25) is 0 Å². The van der Waals surface area contributed by atoms with Crippen LogP contribution in [0.3, 0.4) is 0 Å². The van der Waals surface area contributed by atoms with Crippen LogP contribution in [0.25, 0.3) is 0 Å². The van der Waals surface area contributed by atoms with E-state index in [4.69, 9.17) is 10.2 Å². The first-order chi connectivity index (χ1) is 9.79. The summed E-state index contributed by atoms with van der Waals surface area (Å²) in [6.07, 6.45) is -2.72. The molecular weight excluding hydrogens is 286 g/mol. The molecule has 0 aliphatic rings. The van der Waals surface area contributed by atoms with Gasteiger partial charge in [-0.3, -0.25) is 0 Å². The highest BCUT2D eigenvalue weighted by atomic mass is 19.3. The summed E-state index contributed by atoms with van der Waals surface area (Å²) in [6.45, 7) is -0.780. The highest BCUT2D eigenvalue weighted by Gasteiger charge is 2.23. The average molecular weight is 302 g/mol. The monoisotopic (exact) mass is 302 g/mol. The van der Waals surface area contributed by atoms with Crippen molar-refractivity contribution in [1.29, 1.82) is 0 Å². The van der Waals surface area contributed by atoms with Gasteiger partial charge in [0.1, 0.15) is 11.8 Å². The maximum absolute atomic E-state index is 12.2. The van der Waals surface area contributed by atoms with Gasteiger partial charge in [0.05, 0.1) is 6.54 Å². The molecule has 1 aromatic rings. The number of carboxylic acid groups (broad SMARTS) is 1. The molecule has 1 aromatic carbocycles. The number of urea groups is 1. The molecule has 0 bridgehead atoms. The van der Waals surface area contributed by atoms with Gasteiger partial charge in [-0.05, 0) is 17.7 Å². The molecule has 0 aliphatic heterocycles. The molecule has 6 nitrogen and oxygen atoms in total. The molecule has 0 saturated carbocycles. The second-order valence-electron chi connectivity index (χ2n) is 4.48. The van der Waals surface area contributed by atoms with Gasteiger partial charge in [0, 0.05) is 13.5 Å². The predicted molar refractivity (Wildman–Crippen MR) is 70.4 cm³/mol. The number of nitrogens with one attached hydrogen (secondary N) is 1. The second kappa shape index (κ2) is 7.41. The number of carbonyl (C=O) groups excluding carboxylic acids is 1. The first-order valence-corrected chi connectivity index (χ1v) is 6.10. The number of alkyl halides is 2. The second-order valence-corrected chi connectivity index (χ2v) is 4.48. The van der Waals surface area contributed by atoms with Crippen molar-refractivity contribution in [3.8, 4) is 5.75 Å². The molecule has 1 atom stereocenters. The third-order valence-corrected chi connectivity index (χ3v) is 2.73. The van der Waals surface area contributed by atoms with E-state index in [-0.39, 0.29) is 12.2 Å². The summed E-state index contributed by atoms with van der Waals surface area (Å²) < 4.78 is 24.3. The van der Waals surface area contributed by atoms with Crippen molar-refractivity contribution < 1.29 is 28.6 Å². The topological polar surface area (TPSA) is 89.9 Å². The maximum Gasteiger partial charge on any atom is 0.326 e. The third-order valence-electron chi connectivity index (χ3n) is 2.73. The third kappa shape index (κ3) is 5.64. The lowest BCUT2D eigenvalue weighted by Crippen LogP contribution is -2.48. The number of aliphatic carboxylic acids is 1. The molecule has 0 heterocycles. The van der Waals surface area contributed by atoms with E-state index in [0.717, 1.165) is 11.9 Å². The molecule has 1 rings (SSSR count). The summed E-state index contributed by atoms with van der Waals surface area (Å²) in [4.78, 5) is 23.5. The summed E-state index contributed by atoms with van der Waals surface area (Å²) in [7, 11) is 1.15. The first-order valence-electron chi connectivity index (χ1n) is 6.10. The number of aromatic hydroxyl groups is 1. The molecule has 0 radical (unpaired) electrons. The fourth-order valence-electron chi connectivity index (χ4n) is 1.62. The lowest BCUT2D eigenvalue weighted by Gasteiger charge is -2.21. The molecule has 0 saturated heterocycles. The van der Waals surface area contributed by atoms with E-state index in [9.17, 15) is 18.4 Å².